The van der Waals surface area contributed by atoms with Crippen LogP contribution in [-0.2, 0) is 0 Å². The van der Waals surface area contributed by atoms with E-state index in [1.54, 1.807) is 48.5 Å². The van der Waals surface area contributed by atoms with E-state index in [1.807, 2.05) is 90.0 Å². The molecule has 2 aliphatic carbocycles. The Labute approximate surface area is 657 Å². The minimum atomic E-state index is -1.09. The van der Waals surface area contributed by atoms with Crippen LogP contribution in [0.4, 0.5) is 39.5 Å². The topological polar surface area (TPSA) is 0 Å². The van der Waals surface area contributed by atoms with Gasteiger partial charge in [0.05, 0.1) is 0 Å². The molecule has 0 amide bonds. The van der Waals surface area contributed by atoms with Gasteiger partial charge in [0.15, 0.2) is 0 Å². The SMILES string of the molecule is CC(C)C(C(C)C)C(C)(F)C(C(C)C)C(C)C.CC(C)C(C(C)C)[C@@](C)(F)C(C)C.CC(C)C(C)(F)C(C)C.CC1(F)CCCC1.CC1(F)CCCCC1.CCC(C)(CC)C(C)(F)C(C)(CC)CC.CCC(C)(CC)[C@@](C)(F)C(C)C.CCC(CC)C(C)(F)C(CC)CC.CCC(CC)[C@@](C)(F)C(C)C. The quantitative estimate of drug-likeness (QED) is 0.0589. The van der Waals surface area contributed by atoms with Crippen LogP contribution in [0.3, 0.4) is 0 Å². The van der Waals surface area contributed by atoms with Crippen LogP contribution in [0.15, 0.2) is 0 Å². The van der Waals surface area contributed by atoms with Gasteiger partial charge in [-0.25, -0.2) is 39.5 Å². The number of halogens is 9. The van der Waals surface area contributed by atoms with Gasteiger partial charge in [0.1, 0.15) is 51.0 Å². The van der Waals surface area contributed by atoms with Crippen molar-refractivity contribution in [3.8, 4) is 0 Å². The predicted octanol–water partition coefficient (Wildman–Crippen LogP) is 35.8. The zero-order valence-corrected chi connectivity index (χ0v) is 80.1. The Hall–Kier alpha value is -0.630. The van der Waals surface area contributed by atoms with E-state index >= 15 is 8.78 Å². The Kier molecular flexibility index (Phi) is 59.0. The molecule has 0 N–H and O–H groups in total. The maximum absolute atomic E-state index is 15.4. The summed E-state index contributed by atoms with van der Waals surface area (Å²) in [6.45, 7) is 92.2. The Morgan fingerprint density at radius 3 is 0.552 bits per heavy atom. The van der Waals surface area contributed by atoms with E-state index in [0.29, 0.717) is 35.5 Å². The van der Waals surface area contributed by atoms with Crippen molar-refractivity contribution < 1.29 is 39.5 Å². The smallest absolute Gasteiger partial charge is 0.118 e. The summed E-state index contributed by atoms with van der Waals surface area (Å²) in [4.78, 5) is 0. The molecule has 0 radical (unpaired) electrons. The summed E-state index contributed by atoms with van der Waals surface area (Å²) in [6.07, 6.45) is 19.9. The zero-order chi connectivity index (χ0) is 85.7. The van der Waals surface area contributed by atoms with Crippen molar-refractivity contribution in [1.82, 2.24) is 0 Å². The van der Waals surface area contributed by atoms with Crippen LogP contribution < -0.4 is 0 Å². The first kappa shape index (κ1) is 118. The summed E-state index contributed by atoms with van der Waals surface area (Å²) in [5.41, 5.74) is -9.39. The molecular formula is C96H197F9. The maximum Gasteiger partial charge on any atom is 0.118 e. The minimum absolute atomic E-state index is 0.0994. The van der Waals surface area contributed by atoms with Gasteiger partial charge in [0, 0.05) is 16.2 Å². The minimum Gasteiger partial charge on any atom is -0.244 e. The van der Waals surface area contributed by atoms with Gasteiger partial charge in [-0.1, -0.05) is 327 Å². The molecule has 2 aliphatic rings. The number of rotatable bonds is 32. The second-order valence-corrected chi connectivity index (χ2v) is 39.6. The molecule has 0 heterocycles. The molecule has 0 saturated heterocycles. The normalized spacial score (nSPS) is 17.1. The second-order valence-electron chi connectivity index (χ2n) is 39.6. The van der Waals surface area contributed by atoms with E-state index in [1.165, 1.54) is 6.42 Å². The Morgan fingerprint density at radius 1 is 0.248 bits per heavy atom. The second kappa shape index (κ2) is 52.7. The summed E-state index contributed by atoms with van der Waals surface area (Å²) >= 11 is 0. The monoisotopic (exact) mass is 1520 g/mol. The van der Waals surface area contributed by atoms with Gasteiger partial charge in [0.25, 0.3) is 0 Å². The number of hydrogen-bond donors (Lipinski definition) is 0. The fourth-order valence-corrected chi connectivity index (χ4v) is 18.2. The van der Waals surface area contributed by atoms with Crippen LogP contribution in [0.1, 0.15) is 453 Å². The van der Waals surface area contributed by atoms with E-state index in [9.17, 15) is 30.7 Å². The molecule has 0 spiro atoms. The molecule has 2 saturated carbocycles. The van der Waals surface area contributed by atoms with E-state index in [4.69, 9.17) is 0 Å². The number of hydrogen-bond acceptors (Lipinski definition) is 0. The van der Waals surface area contributed by atoms with E-state index in [2.05, 4.69) is 180 Å². The average Bonchev–Trinajstić information content (AvgIpc) is 0.891. The number of alkyl halides is 9. The van der Waals surface area contributed by atoms with Gasteiger partial charge in [-0.2, -0.15) is 0 Å². The van der Waals surface area contributed by atoms with Crippen molar-refractivity contribution in [3.63, 3.8) is 0 Å². The molecule has 3 atom stereocenters. The first-order valence-electron chi connectivity index (χ1n) is 44.3. The summed E-state index contributed by atoms with van der Waals surface area (Å²) < 4.78 is 126. The first-order chi connectivity index (χ1) is 47.1. The first-order valence-corrected chi connectivity index (χ1v) is 44.3. The molecular weight excluding hydrogens is 1320 g/mol. The lowest BCUT2D eigenvalue weighted by Gasteiger charge is -2.51. The van der Waals surface area contributed by atoms with Crippen molar-refractivity contribution >= 4 is 0 Å². The van der Waals surface area contributed by atoms with Gasteiger partial charge >= 0.3 is 0 Å². The van der Waals surface area contributed by atoms with Gasteiger partial charge in [-0.15, -0.1) is 0 Å². The molecule has 0 aromatic carbocycles. The highest BCUT2D eigenvalue weighted by Gasteiger charge is 2.54. The molecule has 2 rings (SSSR count). The van der Waals surface area contributed by atoms with Gasteiger partial charge < -0.3 is 0 Å². The van der Waals surface area contributed by atoms with Crippen LogP contribution in [0.2, 0.25) is 0 Å². The van der Waals surface area contributed by atoms with Gasteiger partial charge in [0.2, 0.25) is 0 Å². The van der Waals surface area contributed by atoms with Crippen LogP contribution in [0.5, 0.6) is 0 Å². The molecule has 0 unspecified atom stereocenters. The van der Waals surface area contributed by atoms with Crippen LogP contribution in [0.25, 0.3) is 0 Å². The molecule has 9 heteroatoms. The van der Waals surface area contributed by atoms with Gasteiger partial charge in [-0.05, 0) is 227 Å². The highest BCUT2D eigenvalue weighted by atomic mass is 19.2. The van der Waals surface area contributed by atoms with E-state index in [0.717, 1.165) is 128 Å². The molecule has 105 heavy (non-hydrogen) atoms. The molecule has 0 aromatic heterocycles. The fraction of sp³-hybridized carbons (Fsp3) is 1.00. The fourth-order valence-electron chi connectivity index (χ4n) is 18.2. The predicted molar refractivity (Wildman–Crippen MR) is 459 cm³/mol. The Balaban J connectivity index is -0.000000208. The average molecular weight is 1520 g/mol. The summed E-state index contributed by atoms with van der Waals surface area (Å²) in [5, 5.41) is 0. The van der Waals surface area contributed by atoms with Crippen LogP contribution >= 0.6 is 0 Å². The Bertz CT molecular complexity index is 1910. The van der Waals surface area contributed by atoms with Crippen molar-refractivity contribution in [2.24, 2.45) is 117 Å². The van der Waals surface area contributed by atoms with Crippen molar-refractivity contribution in [3.05, 3.63) is 0 Å². The molecule has 0 nitrogen and oxygen atoms in total. The van der Waals surface area contributed by atoms with E-state index < -0.39 is 51.0 Å². The molecule has 2 fully saturated rings. The third-order valence-corrected chi connectivity index (χ3v) is 28.9. The third-order valence-electron chi connectivity index (χ3n) is 28.9. The van der Waals surface area contributed by atoms with Crippen molar-refractivity contribution in [2.45, 2.75) is 504 Å². The zero-order valence-electron chi connectivity index (χ0n) is 80.1. The van der Waals surface area contributed by atoms with E-state index in [-0.39, 0.29) is 81.3 Å². The summed E-state index contributed by atoms with van der Waals surface area (Å²) in [7, 11) is 0. The van der Waals surface area contributed by atoms with Gasteiger partial charge in [-0.3, -0.25) is 0 Å². The maximum atomic E-state index is 15.4. The third kappa shape index (κ3) is 38.8. The molecule has 0 aromatic rings. The molecule has 644 valence electrons. The van der Waals surface area contributed by atoms with Crippen LogP contribution in [0, 0.1) is 117 Å². The summed E-state index contributed by atoms with van der Waals surface area (Å²) in [6, 6.07) is 0. The molecule has 0 aliphatic heterocycles. The lowest BCUT2D eigenvalue weighted by molar-refractivity contribution is -0.0946. The highest BCUT2D eigenvalue weighted by Crippen LogP contribution is 2.55. The lowest BCUT2D eigenvalue weighted by atomic mass is 9.57. The van der Waals surface area contributed by atoms with Crippen molar-refractivity contribution in [1.29, 1.82) is 0 Å². The Morgan fingerprint density at radius 2 is 0.438 bits per heavy atom. The summed E-state index contributed by atoms with van der Waals surface area (Å²) in [5.74, 6) is 4.10. The lowest BCUT2D eigenvalue weighted by Crippen LogP contribution is -2.51. The van der Waals surface area contributed by atoms with Crippen molar-refractivity contribution in [2.75, 3.05) is 0 Å². The van der Waals surface area contributed by atoms with Crippen LogP contribution in [-0.4, -0.2) is 51.0 Å². The largest absolute Gasteiger partial charge is 0.244 e. The molecule has 0 bridgehead atoms. The standard InChI is InChI=1S/C16H33F.C14H29F.2C12H25F.C11H23F.C10H21F.C8H17F.C7H13F.C6H11F/c1-10(2)14(11(3)4)16(9,17)15(12(5)6)13(7)8;1-8-12(5,9-2)14(7,15)13(6,10-3)11-4;1-8(2)11(9(3)4)12(7,13)10(5)6;1-6-10(7-2)12(5,13)11(8-3)9-4;1-7-10(5,8-2)11(6,12)9(3)4;1-6-9(7-2)10(5,11)8(3)4;1-6(2)8(5,9)7(3)4;1-7(8)5-3-2-4-6-7;1-6(7)4-2-3-5-6/h10-15H,1-9H3;8-11H2,1-7H3;8-11H,1-7H3;10-11H,6-9H2,1-5H3;9H,7-8H2,1-6H3;8-9H,6-7H2,1-5H3;6-7H,1-5H3;2-6H2,1H3;2-5H2,1H3/t;;12-;;11-;10-;;;/m..0.00.../s1. The highest BCUT2D eigenvalue weighted by molar-refractivity contribution is 5.03.